The summed E-state index contributed by atoms with van der Waals surface area (Å²) in [5.41, 5.74) is 1.20. The Balaban J connectivity index is 1.98. The molecule has 1 heterocycles. The van der Waals surface area contributed by atoms with E-state index in [1.807, 2.05) is 0 Å². The molecule has 24 heavy (non-hydrogen) atoms. The zero-order chi connectivity index (χ0) is 17.7. The van der Waals surface area contributed by atoms with Gasteiger partial charge in [-0.2, -0.15) is 18.3 Å². The molecule has 0 aliphatic heterocycles. The van der Waals surface area contributed by atoms with Crippen LogP contribution in [0.5, 0.6) is 0 Å². The lowest BCUT2D eigenvalue weighted by atomic mass is 10.1. The van der Waals surface area contributed by atoms with Gasteiger partial charge in [0.05, 0.1) is 24.0 Å². The van der Waals surface area contributed by atoms with Gasteiger partial charge in [-0.15, -0.1) is 0 Å². The number of alkyl halides is 3. The number of aromatic nitrogens is 2. The summed E-state index contributed by atoms with van der Waals surface area (Å²) in [5, 5.41) is 10.8. The van der Waals surface area contributed by atoms with E-state index in [0.29, 0.717) is 16.3 Å². The maximum atomic E-state index is 12.1. The third kappa shape index (κ3) is 4.98. The van der Waals surface area contributed by atoms with Crippen molar-refractivity contribution in [1.29, 1.82) is 0 Å². The molecule has 10 heteroatoms. The van der Waals surface area contributed by atoms with Crippen molar-refractivity contribution in [3.8, 4) is 11.3 Å². The van der Waals surface area contributed by atoms with Crippen LogP contribution in [0.15, 0.2) is 30.5 Å². The molecule has 1 aromatic carbocycles. The number of carbonyl (C=O) groups is 2. The summed E-state index contributed by atoms with van der Waals surface area (Å²) in [4.78, 5) is 23.4. The number of H-pyrrole nitrogens is 1. The van der Waals surface area contributed by atoms with Crippen LogP contribution in [0, 0.1) is 0 Å². The molecule has 6 nitrogen and oxygen atoms in total. The summed E-state index contributed by atoms with van der Waals surface area (Å²) in [6, 6.07) is 6.60. The quantitative estimate of drug-likeness (QED) is 0.763. The van der Waals surface area contributed by atoms with Crippen LogP contribution in [0.25, 0.3) is 11.3 Å². The topological polar surface area (TPSA) is 86.9 Å². The van der Waals surface area contributed by atoms with Gasteiger partial charge < -0.3 is 10.6 Å². The van der Waals surface area contributed by atoms with E-state index in [9.17, 15) is 22.8 Å². The standard InChI is InChI=1S/C14H12ClF3N4O2/c15-9-3-1-8(2-4-9)12-10(5-21-22-12)13(24)19-6-11(23)20-7-14(16,17)18/h1-5H,6-7H2,(H,19,24)(H,20,23)(H,21,22). The first kappa shape index (κ1) is 17.8. The molecular weight excluding hydrogens is 349 g/mol. The van der Waals surface area contributed by atoms with Crippen molar-refractivity contribution >= 4 is 23.4 Å². The van der Waals surface area contributed by atoms with Crippen molar-refractivity contribution in [3.63, 3.8) is 0 Å². The minimum absolute atomic E-state index is 0.154. The number of hydrogen-bond acceptors (Lipinski definition) is 3. The molecule has 2 aromatic rings. The Morgan fingerprint density at radius 3 is 2.46 bits per heavy atom. The van der Waals surface area contributed by atoms with E-state index in [2.05, 4.69) is 15.5 Å². The van der Waals surface area contributed by atoms with Crippen molar-refractivity contribution in [1.82, 2.24) is 20.8 Å². The Labute approximate surface area is 139 Å². The van der Waals surface area contributed by atoms with Gasteiger partial charge in [-0.1, -0.05) is 23.7 Å². The van der Waals surface area contributed by atoms with Gasteiger partial charge >= 0.3 is 6.18 Å². The molecule has 0 fully saturated rings. The van der Waals surface area contributed by atoms with E-state index in [4.69, 9.17) is 11.6 Å². The van der Waals surface area contributed by atoms with E-state index in [0.717, 1.165) is 0 Å². The normalized spacial score (nSPS) is 11.2. The molecule has 0 atom stereocenters. The fraction of sp³-hybridized carbons (Fsp3) is 0.214. The largest absolute Gasteiger partial charge is 0.405 e. The highest BCUT2D eigenvalue weighted by Crippen LogP contribution is 2.22. The Hall–Kier alpha value is -2.55. The summed E-state index contributed by atoms with van der Waals surface area (Å²) < 4.78 is 35.9. The number of halogens is 4. The first-order valence-corrected chi connectivity index (χ1v) is 7.05. The number of nitrogens with zero attached hydrogens (tertiary/aromatic N) is 1. The van der Waals surface area contributed by atoms with Gasteiger partial charge in [0.15, 0.2) is 0 Å². The van der Waals surface area contributed by atoms with E-state index < -0.39 is 31.1 Å². The minimum atomic E-state index is -4.51. The molecule has 0 radical (unpaired) electrons. The lowest BCUT2D eigenvalue weighted by Crippen LogP contribution is -2.40. The van der Waals surface area contributed by atoms with Gasteiger partial charge in [0.1, 0.15) is 6.54 Å². The van der Waals surface area contributed by atoms with E-state index in [-0.39, 0.29) is 5.56 Å². The van der Waals surface area contributed by atoms with Crippen molar-refractivity contribution in [2.45, 2.75) is 6.18 Å². The molecule has 0 aliphatic carbocycles. The Morgan fingerprint density at radius 1 is 1.17 bits per heavy atom. The molecule has 0 aliphatic rings. The van der Waals surface area contributed by atoms with E-state index >= 15 is 0 Å². The van der Waals surface area contributed by atoms with Crippen LogP contribution in [0.2, 0.25) is 5.02 Å². The van der Waals surface area contributed by atoms with Crippen LogP contribution < -0.4 is 10.6 Å². The second kappa shape index (κ2) is 7.35. The number of hydrogen-bond donors (Lipinski definition) is 3. The third-order valence-corrected chi connectivity index (χ3v) is 3.16. The summed E-state index contributed by atoms with van der Waals surface area (Å²) in [5.74, 6) is -1.59. The molecule has 0 saturated heterocycles. The van der Waals surface area contributed by atoms with E-state index in [1.54, 1.807) is 29.6 Å². The average molecular weight is 361 g/mol. The molecule has 0 bridgehead atoms. The average Bonchev–Trinajstić information content (AvgIpc) is 3.00. The van der Waals surface area contributed by atoms with Crippen LogP contribution in [-0.2, 0) is 4.79 Å². The van der Waals surface area contributed by atoms with Crippen molar-refractivity contribution < 1.29 is 22.8 Å². The highest BCUT2D eigenvalue weighted by molar-refractivity contribution is 6.30. The molecule has 3 N–H and O–H groups in total. The van der Waals surface area contributed by atoms with Gasteiger partial charge in [0.2, 0.25) is 5.91 Å². The monoisotopic (exact) mass is 360 g/mol. The third-order valence-electron chi connectivity index (χ3n) is 2.91. The highest BCUT2D eigenvalue weighted by atomic mass is 35.5. The molecule has 1 aromatic heterocycles. The van der Waals surface area contributed by atoms with Gasteiger partial charge in [0, 0.05) is 10.6 Å². The lowest BCUT2D eigenvalue weighted by molar-refractivity contribution is -0.137. The van der Waals surface area contributed by atoms with Crippen molar-refractivity contribution in [2.75, 3.05) is 13.1 Å². The zero-order valence-corrected chi connectivity index (χ0v) is 12.8. The summed E-state index contributed by atoms with van der Waals surface area (Å²) in [6.45, 7) is -2.04. The molecule has 128 valence electrons. The van der Waals surface area contributed by atoms with Crippen LogP contribution in [0.4, 0.5) is 13.2 Å². The zero-order valence-electron chi connectivity index (χ0n) is 12.1. The highest BCUT2D eigenvalue weighted by Gasteiger charge is 2.27. The first-order valence-electron chi connectivity index (χ1n) is 6.67. The summed E-state index contributed by atoms with van der Waals surface area (Å²) in [7, 11) is 0. The van der Waals surface area contributed by atoms with Crippen LogP contribution in [0.1, 0.15) is 10.4 Å². The number of benzene rings is 1. The lowest BCUT2D eigenvalue weighted by Gasteiger charge is -2.09. The number of carbonyl (C=O) groups excluding carboxylic acids is 2. The molecule has 0 saturated carbocycles. The second-order valence-corrected chi connectivity index (χ2v) is 5.18. The number of aromatic amines is 1. The smallest absolute Gasteiger partial charge is 0.345 e. The van der Waals surface area contributed by atoms with Crippen molar-refractivity contribution in [3.05, 3.63) is 41.0 Å². The SMILES string of the molecule is O=C(CNC(=O)c1cn[nH]c1-c1ccc(Cl)cc1)NCC(F)(F)F. The fourth-order valence-corrected chi connectivity index (χ4v) is 1.94. The molecule has 2 rings (SSSR count). The summed E-state index contributed by atoms with van der Waals surface area (Å²) >= 11 is 5.79. The van der Waals surface area contributed by atoms with Gasteiger partial charge in [-0.05, 0) is 12.1 Å². The first-order chi connectivity index (χ1) is 11.3. The summed E-state index contributed by atoms with van der Waals surface area (Å²) in [6.07, 6.45) is -3.25. The molecule has 2 amide bonds. The predicted molar refractivity (Wildman–Crippen MR) is 80.4 cm³/mol. The number of amides is 2. The van der Waals surface area contributed by atoms with Crippen molar-refractivity contribution in [2.24, 2.45) is 0 Å². The van der Waals surface area contributed by atoms with Crippen LogP contribution in [-0.4, -0.2) is 41.3 Å². The second-order valence-electron chi connectivity index (χ2n) is 4.74. The van der Waals surface area contributed by atoms with Gasteiger partial charge in [0.25, 0.3) is 5.91 Å². The maximum Gasteiger partial charge on any atom is 0.405 e. The maximum absolute atomic E-state index is 12.1. The Kier molecular flexibility index (Phi) is 5.45. The predicted octanol–water partition coefficient (Wildman–Crippen LogP) is 2.14. The fourth-order valence-electron chi connectivity index (χ4n) is 1.81. The van der Waals surface area contributed by atoms with Gasteiger partial charge in [-0.25, -0.2) is 0 Å². The minimum Gasteiger partial charge on any atom is -0.345 e. The Morgan fingerprint density at radius 2 is 1.83 bits per heavy atom. The molecular formula is C14H12ClF3N4O2. The Bertz CT molecular complexity index is 728. The van der Waals surface area contributed by atoms with Crippen LogP contribution >= 0.6 is 11.6 Å². The van der Waals surface area contributed by atoms with E-state index in [1.165, 1.54) is 6.20 Å². The van der Waals surface area contributed by atoms with Gasteiger partial charge in [-0.3, -0.25) is 14.7 Å². The molecule has 0 spiro atoms. The van der Waals surface area contributed by atoms with Crippen LogP contribution in [0.3, 0.4) is 0 Å². The number of nitrogens with one attached hydrogen (secondary N) is 3. The molecule has 0 unspecified atom stereocenters. The number of rotatable bonds is 5.